The molecule has 0 aromatic heterocycles. The van der Waals surface area contributed by atoms with Gasteiger partial charge in [0.25, 0.3) is 0 Å². The van der Waals surface area contributed by atoms with Crippen molar-refractivity contribution in [3.8, 4) is 11.5 Å². The molecule has 0 spiro atoms. The third-order valence-electron chi connectivity index (χ3n) is 3.95. The Morgan fingerprint density at radius 1 is 0.897 bits per heavy atom. The van der Waals surface area contributed by atoms with E-state index in [4.69, 9.17) is 4.74 Å². The molecule has 0 aliphatic heterocycles. The molecule has 0 bridgehead atoms. The fourth-order valence-electron chi connectivity index (χ4n) is 2.49. The van der Waals surface area contributed by atoms with Gasteiger partial charge in [-0.1, -0.05) is 30.3 Å². The summed E-state index contributed by atoms with van der Waals surface area (Å²) in [6, 6.07) is 19.7. The number of anilines is 1. The average Bonchev–Trinajstić information content (AvgIpc) is 2.70. The van der Waals surface area contributed by atoms with Crippen LogP contribution in [0.2, 0.25) is 0 Å². The lowest BCUT2D eigenvalue weighted by Crippen LogP contribution is -2.41. The Labute approximate surface area is 168 Å². The Hall–Kier alpha value is -3.23. The minimum atomic E-state index is -4.17. The standard InChI is InChI=1S/C21H19FN2O4S/c1-15(24-29(26,27)20-10-6-5-9-19(20)22)21(25)23-16-11-13-18(14-12-16)28-17-7-3-2-4-8-17/h2-15,24H,1H3,(H,23,25)/t15-/m0/s1. The number of nitrogens with one attached hydrogen (secondary N) is 2. The van der Waals surface area contributed by atoms with Gasteiger partial charge < -0.3 is 10.1 Å². The van der Waals surface area contributed by atoms with Gasteiger partial charge in [-0.25, -0.2) is 12.8 Å². The lowest BCUT2D eigenvalue weighted by Gasteiger charge is -2.15. The van der Waals surface area contributed by atoms with E-state index in [9.17, 15) is 17.6 Å². The molecule has 2 N–H and O–H groups in total. The van der Waals surface area contributed by atoms with Gasteiger partial charge in [-0.15, -0.1) is 0 Å². The molecule has 0 radical (unpaired) electrons. The fraction of sp³-hybridized carbons (Fsp3) is 0.0952. The molecule has 6 nitrogen and oxygen atoms in total. The van der Waals surface area contributed by atoms with Crippen LogP contribution in [0.5, 0.6) is 11.5 Å². The molecule has 0 saturated heterocycles. The van der Waals surface area contributed by atoms with E-state index in [1.54, 1.807) is 24.3 Å². The zero-order chi connectivity index (χ0) is 20.9. The largest absolute Gasteiger partial charge is 0.457 e. The van der Waals surface area contributed by atoms with Gasteiger partial charge in [0.05, 0.1) is 6.04 Å². The number of sulfonamides is 1. The number of para-hydroxylation sites is 1. The van der Waals surface area contributed by atoms with Gasteiger partial charge in [0.15, 0.2) is 0 Å². The minimum absolute atomic E-state index is 0.465. The van der Waals surface area contributed by atoms with Gasteiger partial charge in [-0.05, 0) is 55.5 Å². The maximum absolute atomic E-state index is 13.7. The van der Waals surface area contributed by atoms with Crippen molar-refractivity contribution in [2.45, 2.75) is 17.9 Å². The summed E-state index contributed by atoms with van der Waals surface area (Å²) >= 11 is 0. The van der Waals surface area contributed by atoms with Crippen LogP contribution < -0.4 is 14.8 Å². The number of rotatable bonds is 7. The number of carbonyl (C=O) groups is 1. The highest BCUT2D eigenvalue weighted by atomic mass is 32.2. The number of halogens is 1. The third-order valence-corrected chi connectivity index (χ3v) is 5.53. The lowest BCUT2D eigenvalue weighted by atomic mass is 10.2. The van der Waals surface area contributed by atoms with Crippen molar-refractivity contribution >= 4 is 21.6 Å². The number of hydrogen-bond acceptors (Lipinski definition) is 4. The third kappa shape index (κ3) is 5.40. The summed E-state index contributed by atoms with van der Waals surface area (Å²) in [5.41, 5.74) is 0.465. The second kappa shape index (κ2) is 8.85. The van der Waals surface area contributed by atoms with Gasteiger partial charge in [0, 0.05) is 5.69 Å². The minimum Gasteiger partial charge on any atom is -0.457 e. The highest BCUT2D eigenvalue weighted by Crippen LogP contribution is 2.22. The van der Waals surface area contributed by atoms with Crippen LogP contribution in [0.15, 0.2) is 83.8 Å². The second-order valence-electron chi connectivity index (χ2n) is 6.20. The van der Waals surface area contributed by atoms with E-state index in [0.29, 0.717) is 17.2 Å². The molecule has 150 valence electrons. The van der Waals surface area contributed by atoms with Gasteiger partial charge in [-0.3, -0.25) is 4.79 Å². The summed E-state index contributed by atoms with van der Waals surface area (Å²) in [5.74, 6) is -0.203. The van der Waals surface area contributed by atoms with Gasteiger partial charge in [-0.2, -0.15) is 4.72 Å². The van der Waals surface area contributed by atoms with Crippen molar-refractivity contribution in [2.24, 2.45) is 0 Å². The molecule has 0 aliphatic carbocycles. The maximum atomic E-state index is 13.7. The van der Waals surface area contributed by atoms with Crippen LogP contribution in [-0.4, -0.2) is 20.4 Å². The molecular formula is C21H19FN2O4S. The van der Waals surface area contributed by atoms with Gasteiger partial charge >= 0.3 is 0 Å². The van der Waals surface area contributed by atoms with E-state index in [2.05, 4.69) is 10.0 Å². The van der Waals surface area contributed by atoms with E-state index in [0.717, 1.165) is 12.1 Å². The first kappa shape index (κ1) is 20.5. The van der Waals surface area contributed by atoms with Crippen LogP contribution in [0.4, 0.5) is 10.1 Å². The Morgan fingerprint density at radius 3 is 2.14 bits per heavy atom. The maximum Gasteiger partial charge on any atom is 0.244 e. The molecule has 3 aromatic carbocycles. The molecule has 1 amide bonds. The quantitative estimate of drug-likeness (QED) is 0.614. The average molecular weight is 414 g/mol. The number of ether oxygens (including phenoxy) is 1. The first-order valence-corrected chi connectivity index (χ1v) is 10.2. The van der Waals surface area contributed by atoms with Crippen molar-refractivity contribution in [3.63, 3.8) is 0 Å². The topological polar surface area (TPSA) is 84.5 Å². The van der Waals surface area contributed by atoms with E-state index >= 15 is 0 Å². The van der Waals surface area contributed by atoms with Crippen molar-refractivity contribution in [1.82, 2.24) is 4.72 Å². The number of hydrogen-bond donors (Lipinski definition) is 2. The predicted octanol–water partition coefficient (Wildman–Crippen LogP) is 3.92. The normalized spacial score (nSPS) is 12.2. The molecule has 29 heavy (non-hydrogen) atoms. The highest BCUT2D eigenvalue weighted by molar-refractivity contribution is 7.89. The first-order chi connectivity index (χ1) is 13.8. The van der Waals surface area contributed by atoms with Gasteiger partial charge in [0.1, 0.15) is 22.2 Å². The lowest BCUT2D eigenvalue weighted by molar-refractivity contribution is -0.117. The molecule has 0 fully saturated rings. The SMILES string of the molecule is C[C@H](NS(=O)(=O)c1ccccc1F)C(=O)Nc1ccc(Oc2ccccc2)cc1. The molecule has 3 aromatic rings. The zero-order valence-corrected chi connectivity index (χ0v) is 16.3. The number of carbonyl (C=O) groups excluding carboxylic acids is 1. The summed E-state index contributed by atoms with van der Waals surface area (Å²) in [4.78, 5) is 11.8. The van der Waals surface area contributed by atoms with Crippen molar-refractivity contribution in [3.05, 3.63) is 84.7 Å². The Balaban J connectivity index is 1.61. The molecule has 1 atom stereocenters. The van der Waals surface area contributed by atoms with Crippen LogP contribution in [0, 0.1) is 5.82 Å². The number of benzene rings is 3. The van der Waals surface area contributed by atoms with Crippen LogP contribution >= 0.6 is 0 Å². The summed E-state index contributed by atoms with van der Waals surface area (Å²) in [6.07, 6.45) is 0. The predicted molar refractivity (Wildman–Crippen MR) is 108 cm³/mol. The van der Waals surface area contributed by atoms with Crippen molar-refractivity contribution < 1.29 is 22.3 Å². The summed E-state index contributed by atoms with van der Waals surface area (Å²) in [7, 11) is -4.17. The molecule has 0 saturated carbocycles. The monoisotopic (exact) mass is 414 g/mol. The molecule has 3 rings (SSSR count). The molecule has 0 unspecified atom stereocenters. The Bertz CT molecular complexity index is 1090. The summed E-state index contributed by atoms with van der Waals surface area (Å²) < 4.78 is 46.2. The van der Waals surface area contributed by atoms with E-state index in [1.165, 1.54) is 19.1 Å². The smallest absolute Gasteiger partial charge is 0.244 e. The zero-order valence-electron chi connectivity index (χ0n) is 15.5. The van der Waals surface area contributed by atoms with E-state index < -0.39 is 32.7 Å². The highest BCUT2D eigenvalue weighted by Gasteiger charge is 2.24. The van der Waals surface area contributed by atoms with Crippen molar-refractivity contribution in [2.75, 3.05) is 5.32 Å². The van der Waals surface area contributed by atoms with Crippen LogP contribution in [0.3, 0.4) is 0 Å². The second-order valence-corrected chi connectivity index (χ2v) is 7.88. The first-order valence-electron chi connectivity index (χ1n) is 8.76. The van der Waals surface area contributed by atoms with Gasteiger partial charge in [0.2, 0.25) is 15.9 Å². The summed E-state index contributed by atoms with van der Waals surface area (Å²) in [5, 5.41) is 2.61. The summed E-state index contributed by atoms with van der Waals surface area (Å²) in [6.45, 7) is 1.38. The van der Waals surface area contributed by atoms with E-state index in [1.807, 2.05) is 30.3 Å². The Kier molecular flexibility index (Phi) is 6.26. The Morgan fingerprint density at radius 2 is 1.48 bits per heavy atom. The van der Waals surface area contributed by atoms with Crippen LogP contribution in [-0.2, 0) is 14.8 Å². The van der Waals surface area contributed by atoms with Crippen molar-refractivity contribution in [1.29, 1.82) is 0 Å². The molecule has 0 heterocycles. The molecule has 8 heteroatoms. The van der Waals surface area contributed by atoms with E-state index in [-0.39, 0.29) is 0 Å². The fourth-order valence-corrected chi connectivity index (χ4v) is 3.78. The van der Waals surface area contributed by atoms with Crippen LogP contribution in [0.25, 0.3) is 0 Å². The van der Waals surface area contributed by atoms with Crippen LogP contribution in [0.1, 0.15) is 6.92 Å². The molecule has 0 aliphatic rings. The molecular weight excluding hydrogens is 395 g/mol. The number of amides is 1.